The minimum absolute atomic E-state index is 0.109. The van der Waals surface area contributed by atoms with Gasteiger partial charge in [-0.05, 0) is 25.9 Å². The number of nitrogens with one attached hydrogen (secondary N) is 4. The summed E-state index contributed by atoms with van der Waals surface area (Å²) in [6.45, 7) is 6.68. The van der Waals surface area contributed by atoms with Gasteiger partial charge in [0, 0.05) is 18.6 Å². The number of aromatic nitrogens is 2. The predicted molar refractivity (Wildman–Crippen MR) is 79.2 cm³/mol. The third kappa shape index (κ3) is 3.50. The molecule has 20 heavy (non-hydrogen) atoms. The van der Waals surface area contributed by atoms with Crippen molar-refractivity contribution in [3.8, 4) is 0 Å². The van der Waals surface area contributed by atoms with Crippen LogP contribution in [-0.4, -0.2) is 47.6 Å². The van der Waals surface area contributed by atoms with Gasteiger partial charge < -0.3 is 20.9 Å². The van der Waals surface area contributed by atoms with Crippen molar-refractivity contribution >= 4 is 17.5 Å². The van der Waals surface area contributed by atoms with Crippen molar-refractivity contribution < 1.29 is 4.79 Å². The molecule has 0 unspecified atom stereocenters. The molecule has 0 radical (unpaired) electrons. The van der Waals surface area contributed by atoms with Crippen LogP contribution < -0.4 is 16.0 Å². The van der Waals surface area contributed by atoms with Crippen LogP contribution in [0.1, 0.15) is 36.6 Å². The summed E-state index contributed by atoms with van der Waals surface area (Å²) in [4.78, 5) is 19.3. The van der Waals surface area contributed by atoms with Crippen LogP contribution in [0.2, 0.25) is 5.15 Å². The van der Waals surface area contributed by atoms with Gasteiger partial charge in [0.25, 0.3) is 5.91 Å². The van der Waals surface area contributed by atoms with Gasteiger partial charge in [0.15, 0.2) is 11.0 Å². The van der Waals surface area contributed by atoms with Crippen LogP contribution >= 0.6 is 11.6 Å². The first kappa shape index (κ1) is 15.3. The van der Waals surface area contributed by atoms with Crippen molar-refractivity contribution in [3.05, 3.63) is 16.7 Å². The maximum absolute atomic E-state index is 12.2. The minimum Gasteiger partial charge on any atom is -0.345 e. The Bertz CT molecular complexity index is 460. The van der Waals surface area contributed by atoms with Gasteiger partial charge >= 0.3 is 0 Å². The van der Waals surface area contributed by atoms with Crippen molar-refractivity contribution in [3.63, 3.8) is 0 Å². The zero-order chi connectivity index (χ0) is 14.5. The van der Waals surface area contributed by atoms with Gasteiger partial charge in [0.05, 0.1) is 5.69 Å². The highest BCUT2D eigenvalue weighted by Gasteiger charge is 2.27. The molecule has 1 aliphatic rings. The Kier molecular flexibility index (Phi) is 5.39. The summed E-state index contributed by atoms with van der Waals surface area (Å²) < 4.78 is 0. The molecule has 4 N–H and O–H groups in total. The first-order valence-electron chi connectivity index (χ1n) is 7.15. The molecule has 1 aliphatic heterocycles. The zero-order valence-corrected chi connectivity index (χ0v) is 12.7. The first-order chi connectivity index (χ1) is 9.65. The quantitative estimate of drug-likeness (QED) is 0.645. The van der Waals surface area contributed by atoms with E-state index >= 15 is 0 Å². The standard InChI is InChI=1S/C13H22ClN5O/c1-3-8-11(14)19-12(17-8)13(20)18-9-5-6-15-7-10(9)16-4-2/h9-10,15-16H,3-7H2,1-2H3,(H,17,19)(H,18,20)/t9-,10+/m0/s1. The number of aromatic amines is 1. The Morgan fingerprint density at radius 3 is 2.90 bits per heavy atom. The molecular weight excluding hydrogens is 278 g/mol. The lowest BCUT2D eigenvalue weighted by atomic mass is 10.0. The van der Waals surface area contributed by atoms with Gasteiger partial charge in [-0.25, -0.2) is 4.98 Å². The molecule has 2 rings (SSSR count). The molecule has 2 atom stereocenters. The third-order valence-electron chi connectivity index (χ3n) is 3.56. The van der Waals surface area contributed by atoms with Crippen LogP contribution in [0.25, 0.3) is 0 Å². The fourth-order valence-corrected chi connectivity index (χ4v) is 2.74. The molecule has 0 spiro atoms. The number of likely N-dealkylation sites (N-methyl/N-ethyl adjacent to an activating group) is 1. The second-order valence-electron chi connectivity index (χ2n) is 4.95. The molecule has 0 bridgehead atoms. The Hall–Kier alpha value is -1.11. The molecule has 1 aromatic rings. The van der Waals surface area contributed by atoms with E-state index in [2.05, 4.69) is 32.8 Å². The second-order valence-corrected chi connectivity index (χ2v) is 5.30. The number of imidazole rings is 1. The molecule has 1 aromatic heterocycles. The lowest BCUT2D eigenvalue weighted by Crippen LogP contribution is -2.58. The molecule has 6 nitrogen and oxygen atoms in total. The molecule has 1 amide bonds. The van der Waals surface area contributed by atoms with Gasteiger partial charge in [-0.3, -0.25) is 4.79 Å². The normalized spacial score (nSPS) is 22.8. The van der Waals surface area contributed by atoms with E-state index in [9.17, 15) is 4.79 Å². The van der Waals surface area contributed by atoms with E-state index in [4.69, 9.17) is 11.6 Å². The van der Waals surface area contributed by atoms with E-state index in [-0.39, 0.29) is 18.0 Å². The zero-order valence-electron chi connectivity index (χ0n) is 11.9. The summed E-state index contributed by atoms with van der Waals surface area (Å²) in [5.41, 5.74) is 0.797. The van der Waals surface area contributed by atoms with Crippen LogP contribution in [0, 0.1) is 0 Å². The van der Waals surface area contributed by atoms with E-state index in [0.29, 0.717) is 11.0 Å². The van der Waals surface area contributed by atoms with Gasteiger partial charge in [-0.15, -0.1) is 0 Å². The van der Waals surface area contributed by atoms with Gasteiger partial charge in [-0.2, -0.15) is 0 Å². The van der Waals surface area contributed by atoms with Crippen LogP contribution in [0.5, 0.6) is 0 Å². The summed E-state index contributed by atoms with van der Waals surface area (Å²) in [6, 6.07) is 0.353. The van der Waals surface area contributed by atoms with Crippen molar-refractivity contribution in [1.29, 1.82) is 0 Å². The molecule has 0 saturated carbocycles. The maximum Gasteiger partial charge on any atom is 0.287 e. The van der Waals surface area contributed by atoms with Crippen LogP contribution in [0.4, 0.5) is 0 Å². The number of carbonyl (C=O) groups is 1. The summed E-state index contributed by atoms with van der Waals surface area (Å²) in [5, 5.41) is 10.1. The number of halogens is 1. The molecule has 1 saturated heterocycles. The lowest BCUT2D eigenvalue weighted by molar-refractivity contribution is 0.0909. The van der Waals surface area contributed by atoms with E-state index < -0.39 is 0 Å². The Labute approximate surface area is 124 Å². The van der Waals surface area contributed by atoms with E-state index in [1.54, 1.807) is 0 Å². The van der Waals surface area contributed by atoms with Crippen molar-refractivity contribution in [1.82, 2.24) is 25.9 Å². The van der Waals surface area contributed by atoms with Crippen LogP contribution in [-0.2, 0) is 6.42 Å². The van der Waals surface area contributed by atoms with Gasteiger partial charge in [0.2, 0.25) is 0 Å². The monoisotopic (exact) mass is 299 g/mol. The van der Waals surface area contributed by atoms with E-state index in [1.807, 2.05) is 6.92 Å². The number of piperidine rings is 1. The number of aryl methyl sites for hydroxylation is 1. The number of amides is 1. The second kappa shape index (κ2) is 7.06. The smallest absolute Gasteiger partial charge is 0.287 e. The molecule has 0 aromatic carbocycles. The molecule has 1 fully saturated rings. The molecule has 112 valence electrons. The van der Waals surface area contributed by atoms with Crippen molar-refractivity contribution in [2.24, 2.45) is 0 Å². The van der Waals surface area contributed by atoms with Crippen LogP contribution in [0.3, 0.4) is 0 Å². The SMILES string of the molecule is CCN[C@@H]1CNCC[C@@H]1NC(=O)c1nc(Cl)c(CC)[nH]1. The average molecular weight is 300 g/mol. The number of rotatable bonds is 5. The number of hydrogen-bond acceptors (Lipinski definition) is 4. The molecular formula is C13H22ClN5O. The fourth-order valence-electron chi connectivity index (χ4n) is 2.47. The number of nitrogens with zero attached hydrogens (tertiary/aromatic N) is 1. The summed E-state index contributed by atoms with van der Waals surface area (Å²) in [6.07, 6.45) is 1.63. The predicted octanol–water partition coefficient (Wildman–Crippen LogP) is 0.695. The molecule has 0 aliphatic carbocycles. The summed E-state index contributed by atoms with van der Waals surface area (Å²) in [5.74, 6) is 0.0991. The number of H-pyrrole nitrogens is 1. The Morgan fingerprint density at radius 2 is 2.25 bits per heavy atom. The lowest BCUT2D eigenvalue weighted by Gasteiger charge is -2.33. The Balaban J connectivity index is 2.01. The van der Waals surface area contributed by atoms with E-state index in [1.165, 1.54) is 0 Å². The van der Waals surface area contributed by atoms with Crippen molar-refractivity contribution in [2.45, 2.75) is 38.8 Å². The van der Waals surface area contributed by atoms with Gasteiger partial charge in [0.1, 0.15) is 0 Å². The summed E-state index contributed by atoms with van der Waals surface area (Å²) >= 11 is 5.97. The molecule has 2 heterocycles. The topological polar surface area (TPSA) is 81.8 Å². The average Bonchev–Trinajstić information content (AvgIpc) is 2.82. The number of carbonyl (C=O) groups excluding carboxylic acids is 1. The highest BCUT2D eigenvalue weighted by molar-refractivity contribution is 6.30. The minimum atomic E-state index is -0.193. The highest BCUT2D eigenvalue weighted by atomic mass is 35.5. The maximum atomic E-state index is 12.2. The third-order valence-corrected chi connectivity index (χ3v) is 3.87. The van der Waals surface area contributed by atoms with Crippen LogP contribution in [0.15, 0.2) is 0 Å². The number of hydrogen-bond donors (Lipinski definition) is 4. The largest absolute Gasteiger partial charge is 0.345 e. The molecule has 7 heteroatoms. The van der Waals surface area contributed by atoms with Gasteiger partial charge in [-0.1, -0.05) is 25.4 Å². The highest BCUT2D eigenvalue weighted by Crippen LogP contribution is 2.13. The van der Waals surface area contributed by atoms with Crippen molar-refractivity contribution in [2.75, 3.05) is 19.6 Å². The fraction of sp³-hybridized carbons (Fsp3) is 0.692. The summed E-state index contributed by atoms with van der Waals surface area (Å²) in [7, 11) is 0. The first-order valence-corrected chi connectivity index (χ1v) is 7.52. The van der Waals surface area contributed by atoms with E-state index in [0.717, 1.165) is 38.2 Å². The Morgan fingerprint density at radius 1 is 1.45 bits per heavy atom.